The van der Waals surface area contributed by atoms with Gasteiger partial charge in [-0.05, 0) is 59.8 Å². The van der Waals surface area contributed by atoms with Crippen molar-refractivity contribution in [2.45, 2.75) is 17.6 Å². The van der Waals surface area contributed by atoms with Gasteiger partial charge in [0.05, 0.1) is 5.69 Å². The number of anilines is 2. The highest BCUT2D eigenvalue weighted by molar-refractivity contribution is 7.94. The minimum absolute atomic E-state index is 0.140. The van der Waals surface area contributed by atoms with E-state index >= 15 is 0 Å². The van der Waals surface area contributed by atoms with Crippen LogP contribution in [0, 0.1) is 0 Å². The number of ether oxygens (including phenoxy) is 1. The van der Waals surface area contributed by atoms with Crippen LogP contribution in [0.3, 0.4) is 0 Å². The molecule has 1 heterocycles. The summed E-state index contributed by atoms with van der Waals surface area (Å²) in [6, 6.07) is 17.5. The molecule has 3 rings (SSSR count). The van der Waals surface area contributed by atoms with Gasteiger partial charge in [0.1, 0.15) is 9.96 Å². The second-order valence-electron chi connectivity index (χ2n) is 6.29. The zero-order valence-electron chi connectivity index (χ0n) is 16.2. The number of benzene rings is 2. The van der Waals surface area contributed by atoms with E-state index in [1.165, 1.54) is 22.7 Å². The van der Waals surface area contributed by atoms with E-state index in [4.69, 9.17) is 4.74 Å². The van der Waals surface area contributed by atoms with Crippen molar-refractivity contribution in [3.8, 4) is 5.75 Å². The van der Waals surface area contributed by atoms with Crippen LogP contribution in [0.15, 0.2) is 70.3 Å². The fourth-order valence-electron chi connectivity index (χ4n) is 2.65. The molecule has 3 aromatic rings. The summed E-state index contributed by atoms with van der Waals surface area (Å²) in [4.78, 5) is 12.1. The Morgan fingerprint density at radius 2 is 1.86 bits per heavy atom. The van der Waals surface area contributed by atoms with Gasteiger partial charge in [-0.25, -0.2) is 8.42 Å². The molecule has 0 fully saturated rings. The van der Waals surface area contributed by atoms with Crippen LogP contribution < -0.4 is 14.4 Å². The van der Waals surface area contributed by atoms with Gasteiger partial charge in [0.15, 0.2) is 6.61 Å². The number of carbonyl (C=O) groups excluding carboxylic acids is 1. The monoisotopic (exact) mass is 430 g/mol. The molecule has 1 amide bonds. The average molecular weight is 431 g/mol. The Bertz CT molecular complexity index is 1060. The van der Waals surface area contributed by atoms with Crippen molar-refractivity contribution in [3.63, 3.8) is 0 Å². The lowest BCUT2D eigenvalue weighted by Gasteiger charge is -2.18. The normalized spacial score (nSPS) is 11.1. The molecular weight excluding hydrogens is 408 g/mol. The lowest BCUT2D eigenvalue weighted by Crippen LogP contribution is -2.25. The van der Waals surface area contributed by atoms with Crippen molar-refractivity contribution in [2.75, 3.05) is 23.3 Å². The van der Waals surface area contributed by atoms with E-state index in [0.29, 0.717) is 11.4 Å². The van der Waals surface area contributed by atoms with E-state index in [1.54, 1.807) is 41.8 Å². The maximum absolute atomic E-state index is 12.6. The highest BCUT2D eigenvalue weighted by atomic mass is 32.2. The first-order chi connectivity index (χ1) is 13.9. The van der Waals surface area contributed by atoms with Crippen molar-refractivity contribution < 1.29 is 17.9 Å². The van der Waals surface area contributed by atoms with Gasteiger partial charge in [0, 0.05) is 12.7 Å². The minimum Gasteiger partial charge on any atom is -0.484 e. The van der Waals surface area contributed by atoms with Crippen molar-refractivity contribution in [1.82, 2.24) is 0 Å². The molecule has 152 valence electrons. The van der Waals surface area contributed by atoms with Crippen molar-refractivity contribution in [1.29, 1.82) is 0 Å². The Kier molecular flexibility index (Phi) is 6.56. The van der Waals surface area contributed by atoms with Crippen LogP contribution in [0.1, 0.15) is 12.5 Å². The molecule has 1 N–H and O–H groups in total. The molecular formula is C21H22N2O4S2. The maximum Gasteiger partial charge on any atom is 0.273 e. The SMILES string of the molecule is CCc1cccc(NC(=O)COc2ccc(N(C)S(=O)(=O)c3cccs3)cc2)c1. The molecule has 29 heavy (non-hydrogen) atoms. The lowest BCUT2D eigenvalue weighted by molar-refractivity contribution is -0.118. The fourth-order valence-corrected chi connectivity index (χ4v) is 5.01. The van der Waals surface area contributed by atoms with Gasteiger partial charge in [0.25, 0.3) is 15.9 Å². The van der Waals surface area contributed by atoms with E-state index in [-0.39, 0.29) is 16.7 Å². The van der Waals surface area contributed by atoms with Crippen molar-refractivity contribution in [3.05, 3.63) is 71.6 Å². The molecule has 0 saturated heterocycles. The summed E-state index contributed by atoms with van der Waals surface area (Å²) < 4.78 is 32.1. The Labute approximate surface area is 174 Å². The van der Waals surface area contributed by atoms with Gasteiger partial charge in [-0.15, -0.1) is 11.3 Å². The van der Waals surface area contributed by atoms with Crippen LogP contribution in [0.4, 0.5) is 11.4 Å². The third-order valence-electron chi connectivity index (χ3n) is 4.30. The predicted octanol–water partition coefficient (Wildman–Crippen LogP) is 4.15. The zero-order chi connectivity index (χ0) is 20.9. The van der Waals surface area contributed by atoms with Crippen molar-refractivity contribution in [2.24, 2.45) is 0 Å². The second-order valence-corrected chi connectivity index (χ2v) is 9.43. The Hall–Kier alpha value is -2.84. The largest absolute Gasteiger partial charge is 0.484 e. The van der Waals surface area contributed by atoms with Crippen LogP contribution in [-0.4, -0.2) is 28.0 Å². The lowest BCUT2D eigenvalue weighted by atomic mass is 10.1. The van der Waals surface area contributed by atoms with E-state index in [0.717, 1.165) is 17.7 Å². The number of hydrogen-bond acceptors (Lipinski definition) is 5. The number of sulfonamides is 1. The summed E-state index contributed by atoms with van der Waals surface area (Å²) >= 11 is 1.17. The Morgan fingerprint density at radius 3 is 2.52 bits per heavy atom. The first kappa shape index (κ1) is 20.9. The average Bonchev–Trinajstić information content (AvgIpc) is 3.28. The first-order valence-electron chi connectivity index (χ1n) is 9.04. The molecule has 1 aromatic heterocycles. The first-order valence-corrected chi connectivity index (χ1v) is 11.4. The smallest absolute Gasteiger partial charge is 0.273 e. The molecule has 0 atom stereocenters. The maximum atomic E-state index is 12.6. The molecule has 0 saturated carbocycles. The van der Waals surface area contributed by atoms with E-state index in [1.807, 2.05) is 24.3 Å². The fraction of sp³-hybridized carbons (Fsp3) is 0.190. The number of nitrogens with zero attached hydrogens (tertiary/aromatic N) is 1. The van der Waals surface area contributed by atoms with E-state index < -0.39 is 10.0 Å². The molecule has 0 aliphatic carbocycles. The summed E-state index contributed by atoms with van der Waals surface area (Å²) in [5, 5.41) is 4.53. The third kappa shape index (κ3) is 5.16. The van der Waals surface area contributed by atoms with E-state index in [9.17, 15) is 13.2 Å². The molecule has 0 bridgehead atoms. The molecule has 2 aromatic carbocycles. The Morgan fingerprint density at radius 1 is 1.10 bits per heavy atom. The molecule has 8 heteroatoms. The van der Waals surface area contributed by atoms with Gasteiger partial charge < -0.3 is 10.1 Å². The standard InChI is InChI=1S/C21H22N2O4S2/c1-3-16-6-4-7-17(14-16)22-20(24)15-27-19-11-9-18(10-12-19)23(2)29(25,26)21-8-5-13-28-21/h4-14H,3,15H2,1-2H3,(H,22,24). The highest BCUT2D eigenvalue weighted by Gasteiger charge is 2.22. The number of aryl methyl sites for hydroxylation is 1. The molecule has 0 aliphatic rings. The van der Waals surface area contributed by atoms with Gasteiger partial charge in [-0.3, -0.25) is 9.10 Å². The van der Waals surface area contributed by atoms with Gasteiger partial charge >= 0.3 is 0 Å². The Balaban J connectivity index is 1.58. The van der Waals surface area contributed by atoms with Gasteiger partial charge in [-0.2, -0.15) is 0 Å². The quantitative estimate of drug-likeness (QED) is 0.582. The molecule has 0 spiro atoms. The minimum atomic E-state index is -3.58. The molecule has 6 nitrogen and oxygen atoms in total. The zero-order valence-corrected chi connectivity index (χ0v) is 17.8. The van der Waals surface area contributed by atoms with Gasteiger partial charge in [-0.1, -0.05) is 25.1 Å². The van der Waals surface area contributed by atoms with Crippen LogP contribution in [0.2, 0.25) is 0 Å². The molecule has 0 unspecified atom stereocenters. The third-order valence-corrected chi connectivity index (χ3v) is 7.46. The van der Waals surface area contributed by atoms with Crippen LogP contribution >= 0.6 is 11.3 Å². The summed E-state index contributed by atoms with van der Waals surface area (Å²) in [6.07, 6.45) is 0.892. The number of carbonyl (C=O) groups is 1. The topological polar surface area (TPSA) is 75.7 Å². The number of hydrogen-bond donors (Lipinski definition) is 1. The van der Waals surface area contributed by atoms with Crippen LogP contribution in [0.25, 0.3) is 0 Å². The number of thiophene rings is 1. The second kappa shape index (κ2) is 9.11. The summed E-state index contributed by atoms with van der Waals surface area (Å²) in [6.45, 7) is 1.91. The highest BCUT2D eigenvalue weighted by Crippen LogP contribution is 2.26. The number of rotatable bonds is 8. The van der Waals surface area contributed by atoms with Gasteiger partial charge in [0.2, 0.25) is 0 Å². The summed E-state index contributed by atoms with van der Waals surface area (Å²) in [5.41, 5.74) is 2.38. The molecule has 0 aliphatic heterocycles. The number of amides is 1. The van der Waals surface area contributed by atoms with Crippen molar-refractivity contribution >= 4 is 38.6 Å². The van der Waals surface area contributed by atoms with Crippen LogP contribution in [0.5, 0.6) is 5.75 Å². The summed E-state index contributed by atoms with van der Waals surface area (Å²) in [7, 11) is -2.08. The van der Waals surface area contributed by atoms with Crippen LogP contribution in [-0.2, 0) is 21.2 Å². The number of nitrogens with one attached hydrogen (secondary N) is 1. The molecule has 0 radical (unpaired) electrons. The summed E-state index contributed by atoms with van der Waals surface area (Å²) in [5.74, 6) is 0.216. The van der Waals surface area contributed by atoms with E-state index in [2.05, 4.69) is 12.2 Å². The predicted molar refractivity (Wildman–Crippen MR) is 116 cm³/mol.